The second-order valence-electron chi connectivity index (χ2n) is 18.7. The summed E-state index contributed by atoms with van der Waals surface area (Å²) in [4.78, 5) is 8.17. The Morgan fingerprint density at radius 1 is 0.355 bits per heavy atom. The van der Waals surface area contributed by atoms with E-state index < -0.39 is 98.9 Å². The first kappa shape index (κ1) is 79.3. The molecule has 1 heterocycles. The summed E-state index contributed by atoms with van der Waals surface area (Å²) < 4.78 is 198. The molecule has 0 aromatic heterocycles. The van der Waals surface area contributed by atoms with E-state index >= 15 is 0 Å². The van der Waals surface area contributed by atoms with Crippen LogP contribution in [0.1, 0.15) is 42.5 Å². The van der Waals surface area contributed by atoms with Gasteiger partial charge in [0.05, 0.1) is 32.9 Å². The fourth-order valence-electron chi connectivity index (χ4n) is 7.68. The number of alkyl halides is 6. The summed E-state index contributed by atoms with van der Waals surface area (Å²) >= 11 is 0. The van der Waals surface area contributed by atoms with E-state index in [1.807, 2.05) is 0 Å². The molecular formula is C69H56F16O5S2Y. The van der Waals surface area contributed by atoms with E-state index in [9.17, 15) is 80.5 Å². The van der Waals surface area contributed by atoms with E-state index in [4.69, 9.17) is 14.9 Å². The summed E-state index contributed by atoms with van der Waals surface area (Å²) in [6.07, 6.45) is -6.26. The number of aryl methyl sites for hydroxylation is 2. The Kier molecular flexibility index (Phi) is 32.6. The van der Waals surface area contributed by atoms with Gasteiger partial charge in [-0.1, -0.05) is 134 Å². The molecule has 24 heteroatoms. The number of phenolic OH excluding ortho intramolecular Hbond substituents is 2. The molecule has 0 aliphatic carbocycles. The largest absolute Gasteiger partial charge is 0.872 e. The number of phenols is 2. The summed E-state index contributed by atoms with van der Waals surface area (Å²) in [6, 6.07) is 70.0. The summed E-state index contributed by atoms with van der Waals surface area (Å²) in [5.74, 6) is -27.5. The smallest absolute Gasteiger partial charge is 0.416 e. The fraction of sp³-hybridized carbons (Fsp3) is 0.130. The van der Waals surface area contributed by atoms with Crippen molar-refractivity contribution in [3.63, 3.8) is 0 Å². The van der Waals surface area contributed by atoms with Crippen molar-refractivity contribution >= 4 is 21.8 Å². The van der Waals surface area contributed by atoms with Gasteiger partial charge < -0.3 is 25.2 Å². The number of hydrogen-bond acceptors (Lipinski definition) is 5. The summed E-state index contributed by atoms with van der Waals surface area (Å²) in [7, 11) is -0.0293. The van der Waals surface area contributed by atoms with Gasteiger partial charge in [-0.3, -0.25) is 0 Å². The van der Waals surface area contributed by atoms with Crippen LogP contribution in [0.15, 0.2) is 248 Å². The Bertz CT molecular complexity index is 3170. The molecule has 0 amide bonds. The van der Waals surface area contributed by atoms with Crippen LogP contribution in [0.5, 0.6) is 23.0 Å². The van der Waals surface area contributed by atoms with Crippen LogP contribution < -0.4 is 10.2 Å². The van der Waals surface area contributed by atoms with Crippen molar-refractivity contribution in [2.24, 2.45) is 0 Å². The topological polar surface area (TPSA) is 95.8 Å². The second kappa shape index (κ2) is 38.3. The van der Waals surface area contributed by atoms with E-state index in [1.165, 1.54) is 62.1 Å². The Balaban J connectivity index is 0.000000289. The zero-order valence-electron chi connectivity index (χ0n) is 48.2. The van der Waals surface area contributed by atoms with Crippen LogP contribution in [-0.4, -0.2) is 23.4 Å². The molecule has 10 aromatic carbocycles. The van der Waals surface area contributed by atoms with Crippen molar-refractivity contribution < 1.29 is 128 Å². The molecule has 0 saturated carbocycles. The minimum Gasteiger partial charge on any atom is -0.872 e. The third kappa shape index (κ3) is 24.2. The van der Waals surface area contributed by atoms with Gasteiger partial charge in [-0.2, -0.15) is 35.1 Å². The summed E-state index contributed by atoms with van der Waals surface area (Å²) in [5, 5.41) is 38.0. The van der Waals surface area contributed by atoms with Gasteiger partial charge in [0, 0.05) is 45.9 Å². The molecule has 2 N–H and O–H groups in total. The third-order valence-corrected chi connectivity index (χ3v) is 16.3. The van der Waals surface area contributed by atoms with Crippen molar-refractivity contribution in [2.75, 3.05) is 13.2 Å². The molecule has 11 rings (SSSR count). The summed E-state index contributed by atoms with van der Waals surface area (Å²) in [6.45, 7) is 4.95. The molecule has 0 spiro atoms. The van der Waals surface area contributed by atoms with E-state index in [0.717, 1.165) is 31.4 Å². The fourth-order valence-corrected chi connectivity index (χ4v) is 11.9. The molecule has 1 aliphatic rings. The zero-order chi connectivity index (χ0) is 67.0. The van der Waals surface area contributed by atoms with Crippen LogP contribution in [-0.2, 0) is 71.6 Å². The maximum Gasteiger partial charge on any atom is 0.416 e. The normalized spacial score (nSPS) is 11.3. The predicted molar refractivity (Wildman–Crippen MR) is 317 cm³/mol. The molecule has 5 nitrogen and oxygen atoms in total. The Morgan fingerprint density at radius 2 is 0.602 bits per heavy atom. The minimum atomic E-state index is -4.43. The minimum absolute atomic E-state index is 0. The maximum absolute atomic E-state index is 12.2. The first-order valence-corrected chi connectivity index (χ1v) is 29.1. The number of hydrogen-bond donors (Lipinski definition) is 2. The van der Waals surface area contributed by atoms with Crippen molar-refractivity contribution in [3.05, 3.63) is 299 Å². The van der Waals surface area contributed by atoms with Crippen LogP contribution in [0.25, 0.3) is 0 Å². The zero-order valence-corrected chi connectivity index (χ0v) is 52.6. The Labute approximate surface area is 557 Å². The molecule has 0 atom stereocenters. The Hall–Kier alpha value is -7.96. The molecule has 1 aliphatic heterocycles. The van der Waals surface area contributed by atoms with Gasteiger partial charge in [-0.15, -0.1) is 5.75 Å². The molecule has 1 fully saturated rings. The van der Waals surface area contributed by atoms with Crippen molar-refractivity contribution in [3.8, 4) is 23.0 Å². The van der Waals surface area contributed by atoms with E-state index in [0.29, 0.717) is 23.3 Å². The average molecular weight is 1420 g/mol. The molecule has 10 aromatic rings. The Morgan fingerprint density at radius 3 is 0.839 bits per heavy atom. The molecular weight excluding hydrogens is 1370 g/mol. The quantitative estimate of drug-likeness (QED) is 0.0748. The number of halogens is 16. The number of benzene rings is 10. The van der Waals surface area contributed by atoms with Gasteiger partial charge in [0.2, 0.25) is 29.1 Å². The number of aromatic hydroxyl groups is 2. The van der Waals surface area contributed by atoms with Crippen molar-refractivity contribution in [1.82, 2.24) is 0 Å². The monoisotopic (exact) mass is 1420 g/mol. The molecule has 1 radical (unpaired) electrons. The average Bonchev–Trinajstić information content (AvgIpc) is 0.959. The first-order chi connectivity index (χ1) is 43.1. The van der Waals surface area contributed by atoms with Crippen LogP contribution in [0.2, 0.25) is 0 Å². The van der Waals surface area contributed by atoms with Crippen molar-refractivity contribution in [1.29, 1.82) is 0 Å². The van der Waals surface area contributed by atoms with Crippen LogP contribution in [0, 0.1) is 72.0 Å². The van der Waals surface area contributed by atoms with E-state index in [1.54, 1.807) is 0 Å². The number of ether oxygens (including phenoxy) is 1. The van der Waals surface area contributed by atoms with Crippen LogP contribution in [0.3, 0.4) is 0 Å². The van der Waals surface area contributed by atoms with Gasteiger partial charge >= 0.3 is 12.4 Å². The SMILES string of the molecule is C.C1CCOC1.Cc1cc(O)cc(C(F)(F)F)c1.Cc1cc([O-])cc(C(F)(F)F)c1.Oc1c(F)c(F)c(F)c(F)c1F.[O-]c1c(F)c(F)c(F)c(F)c1F.[Y].c1ccc([S+](c2ccccc2)c2ccccc2)cc1.c1ccc([S+](c2ccccc2)c2ccccc2)cc1. The first-order valence-electron chi connectivity index (χ1n) is 26.6. The van der Waals surface area contributed by atoms with Crippen LogP contribution in [0.4, 0.5) is 70.2 Å². The van der Waals surface area contributed by atoms with Gasteiger partial charge in [-0.25, -0.2) is 35.1 Å². The van der Waals surface area contributed by atoms with Gasteiger partial charge in [0.25, 0.3) is 0 Å². The molecule has 0 bridgehead atoms. The van der Waals surface area contributed by atoms with Gasteiger partial charge in [0.15, 0.2) is 64.2 Å². The molecule has 489 valence electrons. The molecule has 0 unspecified atom stereocenters. The molecule has 1 saturated heterocycles. The summed E-state index contributed by atoms with van der Waals surface area (Å²) in [5.41, 5.74) is -0.982. The number of rotatable bonds is 6. The predicted octanol–water partition coefficient (Wildman–Crippen LogP) is 19.3. The second-order valence-corrected chi connectivity index (χ2v) is 22.8. The maximum atomic E-state index is 12.2. The van der Waals surface area contributed by atoms with Gasteiger partial charge in [0.1, 0.15) is 5.75 Å². The van der Waals surface area contributed by atoms with Gasteiger partial charge in [-0.05, 0) is 135 Å². The van der Waals surface area contributed by atoms with E-state index in [-0.39, 0.29) is 67.7 Å². The van der Waals surface area contributed by atoms with Crippen LogP contribution >= 0.6 is 0 Å². The molecule has 93 heavy (non-hydrogen) atoms. The standard InChI is InChI=1S/2C18H15S.2C8H7F3O.2C6HF5O.C4H8O.CH4.Y/c2*1-4-10-16(11-5-1)19(17-12-6-2-7-13-17)18-14-8-3-9-15-18;2*1-5-2-6(8(9,10)11)4-7(12)3-5;2*7-1-2(8)4(10)6(12)5(11)3(1)9;1-2-4-5-3-1;;/h2*1-15H;2*2-4,12H,1H3;2*12H;1-4H2;1H4;/q2*+1;;;;;;;/p-2. The van der Waals surface area contributed by atoms with Crippen molar-refractivity contribution in [2.45, 2.75) is 75.8 Å². The third-order valence-electron chi connectivity index (χ3n) is 11.8. The van der Waals surface area contributed by atoms with E-state index in [2.05, 4.69) is 182 Å².